The van der Waals surface area contributed by atoms with Gasteiger partial charge in [0.15, 0.2) is 0 Å². The molecule has 0 saturated carbocycles. The van der Waals surface area contributed by atoms with Crippen LogP contribution >= 0.6 is 23.2 Å². The van der Waals surface area contributed by atoms with Crippen molar-refractivity contribution in [2.75, 3.05) is 17.2 Å². The van der Waals surface area contributed by atoms with Gasteiger partial charge in [0.25, 0.3) is 0 Å². The van der Waals surface area contributed by atoms with Gasteiger partial charge in [-0.25, -0.2) is 4.98 Å². The van der Waals surface area contributed by atoms with Crippen molar-refractivity contribution in [3.8, 4) is 0 Å². The van der Waals surface area contributed by atoms with Gasteiger partial charge in [0, 0.05) is 13.1 Å². The molecule has 0 radical (unpaired) electrons. The molecular weight excluding hydrogens is 293 g/mol. The Balaban J connectivity index is 2.14. The van der Waals surface area contributed by atoms with Crippen molar-refractivity contribution in [2.24, 2.45) is 0 Å². The van der Waals surface area contributed by atoms with Crippen LogP contribution in [0, 0.1) is 6.92 Å². The number of aryl methyl sites for hydroxylation is 1. The average molecular weight is 310 g/mol. The molecule has 2 rings (SSSR count). The van der Waals surface area contributed by atoms with Gasteiger partial charge in [0.1, 0.15) is 11.6 Å². The lowest BCUT2D eigenvalue weighted by Crippen LogP contribution is -2.06. The Bertz CT molecular complexity index is 600. The number of anilines is 2. The number of aromatic nitrogens is 1. The Kier molecular flexibility index (Phi) is 5.10. The second-order valence-corrected chi connectivity index (χ2v) is 5.34. The Labute approximate surface area is 129 Å². The van der Waals surface area contributed by atoms with E-state index in [9.17, 15) is 0 Å². The quantitative estimate of drug-likeness (QED) is 0.837. The van der Waals surface area contributed by atoms with Crippen molar-refractivity contribution >= 4 is 34.8 Å². The summed E-state index contributed by atoms with van der Waals surface area (Å²) in [5.74, 6) is 1.28. The predicted molar refractivity (Wildman–Crippen MR) is 86.9 cm³/mol. The Hall–Kier alpha value is -1.45. The number of hydrogen-bond donors (Lipinski definition) is 2. The Morgan fingerprint density at radius 3 is 2.40 bits per heavy atom. The fraction of sp³-hybridized carbons (Fsp3) is 0.267. The normalized spacial score (nSPS) is 10.4. The van der Waals surface area contributed by atoms with E-state index >= 15 is 0 Å². The third kappa shape index (κ3) is 3.78. The first-order valence-electron chi connectivity index (χ1n) is 6.49. The number of hydrogen-bond acceptors (Lipinski definition) is 3. The highest BCUT2D eigenvalue weighted by Gasteiger charge is 2.08. The number of nitrogens with zero attached hydrogens (tertiary/aromatic N) is 1. The lowest BCUT2D eigenvalue weighted by molar-refractivity contribution is 1.09. The second-order valence-electron chi connectivity index (χ2n) is 4.52. The van der Waals surface area contributed by atoms with Gasteiger partial charge in [0.2, 0.25) is 0 Å². The number of benzene rings is 1. The largest absolute Gasteiger partial charge is 0.369 e. The predicted octanol–water partition coefficient (Wildman–Crippen LogP) is 4.74. The van der Waals surface area contributed by atoms with Crippen LogP contribution in [0.1, 0.15) is 18.1 Å². The lowest BCUT2D eigenvalue weighted by Gasteiger charge is -2.12. The van der Waals surface area contributed by atoms with Crippen LogP contribution in [-0.2, 0) is 6.54 Å². The fourth-order valence-electron chi connectivity index (χ4n) is 1.89. The molecule has 0 saturated heterocycles. The van der Waals surface area contributed by atoms with Crippen LogP contribution in [-0.4, -0.2) is 11.5 Å². The number of rotatable bonds is 5. The highest BCUT2D eigenvalue weighted by Crippen LogP contribution is 2.29. The molecule has 1 aromatic heterocycles. The molecule has 0 atom stereocenters. The molecule has 2 N–H and O–H groups in total. The zero-order valence-corrected chi connectivity index (χ0v) is 13.0. The van der Waals surface area contributed by atoms with E-state index < -0.39 is 0 Å². The zero-order chi connectivity index (χ0) is 14.5. The van der Waals surface area contributed by atoms with Crippen LogP contribution < -0.4 is 10.6 Å². The van der Waals surface area contributed by atoms with Gasteiger partial charge in [-0.05, 0) is 25.5 Å². The van der Waals surface area contributed by atoms with E-state index in [4.69, 9.17) is 23.2 Å². The van der Waals surface area contributed by atoms with Gasteiger partial charge in [-0.15, -0.1) is 0 Å². The van der Waals surface area contributed by atoms with Gasteiger partial charge in [0.05, 0.1) is 10.0 Å². The van der Waals surface area contributed by atoms with Crippen molar-refractivity contribution in [2.45, 2.75) is 20.4 Å². The van der Waals surface area contributed by atoms with Crippen LogP contribution in [0.5, 0.6) is 0 Å². The molecule has 1 heterocycles. The fourth-order valence-corrected chi connectivity index (χ4v) is 2.38. The summed E-state index contributed by atoms with van der Waals surface area (Å²) in [6.07, 6.45) is 0. The third-order valence-corrected chi connectivity index (χ3v) is 3.39. The number of nitrogens with one attached hydrogen (secondary N) is 2. The molecule has 0 spiro atoms. The van der Waals surface area contributed by atoms with Crippen molar-refractivity contribution in [1.29, 1.82) is 0 Å². The smallest absolute Gasteiger partial charge is 0.147 e. The summed E-state index contributed by atoms with van der Waals surface area (Å²) >= 11 is 12.2. The minimum atomic E-state index is 0.518. The van der Waals surface area contributed by atoms with Crippen LogP contribution in [0.25, 0.3) is 0 Å². The van der Waals surface area contributed by atoms with Gasteiger partial charge < -0.3 is 10.6 Å². The van der Waals surface area contributed by atoms with E-state index in [1.807, 2.05) is 13.0 Å². The van der Waals surface area contributed by atoms with E-state index in [1.165, 1.54) is 11.1 Å². The SMILES string of the molecule is CCNc1nc(NCc2cccc(C)c2)c(Cl)cc1Cl. The molecule has 1 aromatic carbocycles. The molecule has 0 aliphatic heterocycles. The van der Waals surface area contributed by atoms with Crippen molar-refractivity contribution < 1.29 is 0 Å². The Morgan fingerprint density at radius 2 is 1.75 bits per heavy atom. The molecule has 2 aromatic rings. The van der Waals surface area contributed by atoms with Crippen LogP contribution in [0.3, 0.4) is 0 Å². The summed E-state index contributed by atoms with van der Waals surface area (Å²) in [5.41, 5.74) is 2.41. The minimum Gasteiger partial charge on any atom is -0.369 e. The van der Waals surface area contributed by atoms with Gasteiger partial charge in [-0.3, -0.25) is 0 Å². The molecule has 0 aliphatic rings. The van der Waals surface area contributed by atoms with Crippen LogP contribution in [0.15, 0.2) is 30.3 Å². The summed E-state index contributed by atoms with van der Waals surface area (Å²) in [7, 11) is 0. The van der Waals surface area contributed by atoms with E-state index in [0.29, 0.717) is 28.2 Å². The molecule has 0 aliphatic carbocycles. The van der Waals surface area contributed by atoms with Gasteiger partial charge in [-0.2, -0.15) is 0 Å². The molecule has 0 fully saturated rings. The van der Waals surface area contributed by atoms with E-state index in [-0.39, 0.29) is 0 Å². The third-order valence-electron chi connectivity index (χ3n) is 2.82. The standard InChI is InChI=1S/C15H17Cl2N3/c1-3-18-14-12(16)8-13(17)15(20-14)19-9-11-6-4-5-10(2)7-11/h4-8H,3,9H2,1-2H3,(H2,18,19,20). The maximum atomic E-state index is 6.16. The maximum absolute atomic E-state index is 6.16. The first-order chi connectivity index (χ1) is 9.60. The summed E-state index contributed by atoms with van der Waals surface area (Å²) < 4.78 is 0. The highest BCUT2D eigenvalue weighted by atomic mass is 35.5. The van der Waals surface area contributed by atoms with E-state index in [1.54, 1.807) is 6.07 Å². The van der Waals surface area contributed by atoms with E-state index in [2.05, 4.69) is 40.7 Å². The Morgan fingerprint density at radius 1 is 1.05 bits per heavy atom. The zero-order valence-electron chi connectivity index (χ0n) is 11.5. The molecule has 3 nitrogen and oxygen atoms in total. The highest BCUT2D eigenvalue weighted by molar-refractivity contribution is 6.37. The summed E-state index contributed by atoms with van der Waals surface area (Å²) in [4.78, 5) is 4.41. The molecule has 0 unspecified atom stereocenters. The monoisotopic (exact) mass is 309 g/mol. The van der Waals surface area contributed by atoms with Crippen LogP contribution in [0.4, 0.5) is 11.6 Å². The first-order valence-corrected chi connectivity index (χ1v) is 7.25. The molecule has 20 heavy (non-hydrogen) atoms. The van der Waals surface area contributed by atoms with Crippen molar-refractivity contribution in [1.82, 2.24) is 4.98 Å². The second kappa shape index (κ2) is 6.82. The summed E-state index contributed by atoms with van der Waals surface area (Å²) in [6, 6.07) is 10.00. The van der Waals surface area contributed by atoms with Crippen LogP contribution in [0.2, 0.25) is 10.0 Å². The van der Waals surface area contributed by atoms with Gasteiger partial charge in [-0.1, -0.05) is 53.0 Å². The number of pyridine rings is 1. The molecule has 5 heteroatoms. The van der Waals surface area contributed by atoms with E-state index in [0.717, 1.165) is 6.54 Å². The summed E-state index contributed by atoms with van der Waals surface area (Å²) in [6.45, 7) is 5.49. The van der Waals surface area contributed by atoms with Gasteiger partial charge >= 0.3 is 0 Å². The molecule has 0 amide bonds. The minimum absolute atomic E-state index is 0.518. The average Bonchev–Trinajstić information content (AvgIpc) is 2.41. The first kappa shape index (κ1) is 14.9. The summed E-state index contributed by atoms with van der Waals surface area (Å²) in [5, 5.41) is 7.39. The maximum Gasteiger partial charge on any atom is 0.147 e. The van der Waals surface area contributed by atoms with Crippen molar-refractivity contribution in [3.05, 3.63) is 51.5 Å². The topological polar surface area (TPSA) is 37.0 Å². The number of halogens is 2. The van der Waals surface area contributed by atoms with Crippen molar-refractivity contribution in [3.63, 3.8) is 0 Å². The lowest BCUT2D eigenvalue weighted by atomic mass is 10.1. The molecular formula is C15H17Cl2N3. The molecule has 0 bridgehead atoms. The molecule has 106 valence electrons.